The molecule has 0 aromatic heterocycles. The van der Waals surface area contributed by atoms with Gasteiger partial charge in [-0.05, 0) is 57.8 Å². The van der Waals surface area contributed by atoms with Crippen LogP contribution in [0, 0.1) is 0 Å². The molecule has 1 amide bonds. The summed E-state index contributed by atoms with van der Waals surface area (Å²) in [6.07, 6.45) is 59.5. The van der Waals surface area contributed by atoms with Crippen molar-refractivity contribution in [2.45, 2.75) is 376 Å². The third kappa shape index (κ3) is 41.7. The fourth-order valence-electron chi connectivity index (χ4n) is 11.8. The molecule has 508 valence electrons. The third-order valence-corrected chi connectivity index (χ3v) is 17.5. The van der Waals surface area contributed by atoms with Crippen LogP contribution in [0.1, 0.15) is 303 Å². The van der Waals surface area contributed by atoms with Gasteiger partial charge in [0.25, 0.3) is 0 Å². The zero-order valence-electron chi connectivity index (χ0n) is 55.3. The van der Waals surface area contributed by atoms with Crippen LogP contribution in [-0.2, 0) is 23.7 Å². The molecule has 2 rings (SSSR count). The van der Waals surface area contributed by atoms with Crippen molar-refractivity contribution in [3.05, 3.63) is 60.8 Å². The minimum absolute atomic E-state index is 0.203. The fraction of sp³-hybridized carbons (Fsp3) is 0.849. The maximum atomic E-state index is 13.4. The number of nitrogens with one attached hydrogen (secondary N) is 1. The highest BCUT2D eigenvalue weighted by Gasteiger charge is 2.51. The molecule has 0 saturated carbocycles. The summed E-state index contributed by atoms with van der Waals surface area (Å²) in [6.45, 7) is 2.79. The van der Waals surface area contributed by atoms with Gasteiger partial charge >= 0.3 is 0 Å². The van der Waals surface area contributed by atoms with Crippen molar-refractivity contribution < 1.29 is 64.6 Å². The summed E-state index contributed by atoms with van der Waals surface area (Å²) in [7, 11) is 0. The van der Waals surface area contributed by atoms with Crippen LogP contribution < -0.4 is 5.32 Å². The van der Waals surface area contributed by atoms with Gasteiger partial charge in [0, 0.05) is 6.42 Å². The quantitative estimate of drug-likeness (QED) is 0.0204. The van der Waals surface area contributed by atoms with Crippen LogP contribution in [0.3, 0.4) is 0 Å². The Labute approximate surface area is 530 Å². The molecule has 9 N–H and O–H groups in total. The topological polar surface area (TPSA) is 228 Å². The molecule has 0 bridgehead atoms. The number of unbranched alkanes of at least 4 members (excludes halogenated alkanes) is 36. The average Bonchev–Trinajstić information content (AvgIpc) is 2.59. The summed E-state index contributed by atoms with van der Waals surface area (Å²) in [5, 5.41) is 87.6. The minimum atomic E-state index is -1.78. The number of aliphatic hydroxyl groups is 8. The van der Waals surface area contributed by atoms with Crippen molar-refractivity contribution in [2.24, 2.45) is 0 Å². The normalized spacial score (nSPS) is 23.6. The summed E-state index contributed by atoms with van der Waals surface area (Å²) in [6, 6.07) is -0.831. The van der Waals surface area contributed by atoms with E-state index >= 15 is 0 Å². The van der Waals surface area contributed by atoms with E-state index in [1.54, 1.807) is 0 Å². The Balaban J connectivity index is 1.63. The number of amides is 1. The molecule has 0 aliphatic carbocycles. The fourth-order valence-corrected chi connectivity index (χ4v) is 11.8. The molecule has 0 radical (unpaired) electrons. The second-order valence-corrected chi connectivity index (χ2v) is 25.3. The molecule has 2 heterocycles. The summed E-state index contributed by atoms with van der Waals surface area (Å²) in [5.41, 5.74) is 0. The van der Waals surface area contributed by atoms with Crippen LogP contribution in [0.2, 0.25) is 0 Å². The maximum absolute atomic E-state index is 13.4. The van der Waals surface area contributed by atoms with Crippen molar-refractivity contribution in [3.63, 3.8) is 0 Å². The highest BCUT2D eigenvalue weighted by atomic mass is 16.7. The highest BCUT2D eigenvalue weighted by Crippen LogP contribution is 2.30. The van der Waals surface area contributed by atoms with Gasteiger partial charge in [-0.2, -0.15) is 0 Å². The molecule has 12 unspecified atom stereocenters. The Kier molecular flexibility index (Phi) is 53.5. The predicted molar refractivity (Wildman–Crippen MR) is 355 cm³/mol. The minimum Gasteiger partial charge on any atom is -0.394 e. The summed E-state index contributed by atoms with van der Waals surface area (Å²) in [4.78, 5) is 13.4. The van der Waals surface area contributed by atoms with Crippen molar-refractivity contribution in [3.8, 4) is 0 Å². The molecule has 2 fully saturated rings. The number of carbonyl (C=O) groups excluding carboxylic acids is 1. The number of allylic oxidation sites excluding steroid dienone is 10. The second kappa shape index (κ2) is 57.6. The molecule has 0 aromatic carbocycles. The maximum Gasteiger partial charge on any atom is 0.220 e. The molecule has 0 aromatic rings. The number of ether oxygens (including phenoxy) is 4. The second-order valence-electron chi connectivity index (χ2n) is 25.3. The van der Waals surface area contributed by atoms with Crippen molar-refractivity contribution in [1.29, 1.82) is 0 Å². The first-order chi connectivity index (χ1) is 42.6. The SMILES string of the molecule is CC/C=C\C/C=C\C/C=C\C/C=C\C/C=C\CCCCCCCCCCCCCCCCCCCC(=O)NC(COC1OC(CO)C(OC2OC(CO)C(O)C(O)C2O)C(O)C1O)C(O)CCCCCCCCCCCCCCCCCCCCCC. The van der Waals surface area contributed by atoms with E-state index in [9.17, 15) is 45.6 Å². The van der Waals surface area contributed by atoms with Gasteiger partial charge in [-0.1, -0.05) is 299 Å². The summed E-state index contributed by atoms with van der Waals surface area (Å²) in [5.74, 6) is -0.203. The number of aliphatic hydroxyl groups excluding tert-OH is 8. The molecular weight excluding hydrogens is 1100 g/mol. The standard InChI is InChI=1S/C73H133NO13/c1-3-5-7-9-11-13-15-17-19-21-23-25-26-27-28-29-30-31-32-33-34-35-36-37-39-41-43-45-47-49-51-53-55-57-65(78)74-61(62(77)56-54-52-50-48-46-44-42-40-38-24-22-20-18-16-14-12-10-8-6-4-2)60-84-72-70(83)68(81)71(64(59-76)86-72)87-73-69(82)67(80)66(79)63(58-75)85-73/h5,7,11,13,17,19,23,25,27-28,61-64,66-73,75-77,79-83H,3-4,6,8-10,12,14-16,18,20-22,24,26,29-60H2,1-2H3,(H,74,78)/b7-5-,13-11-,19-17-,25-23-,28-27-. The third-order valence-electron chi connectivity index (χ3n) is 17.5. The van der Waals surface area contributed by atoms with Crippen molar-refractivity contribution in [2.75, 3.05) is 19.8 Å². The van der Waals surface area contributed by atoms with Crippen LogP contribution >= 0.6 is 0 Å². The van der Waals surface area contributed by atoms with E-state index in [2.05, 4.69) is 79.9 Å². The van der Waals surface area contributed by atoms with Gasteiger partial charge in [-0.3, -0.25) is 4.79 Å². The highest BCUT2D eigenvalue weighted by molar-refractivity contribution is 5.76. The smallest absolute Gasteiger partial charge is 0.220 e. The first-order valence-corrected chi connectivity index (χ1v) is 36.0. The van der Waals surface area contributed by atoms with E-state index in [0.29, 0.717) is 12.8 Å². The van der Waals surface area contributed by atoms with Crippen LogP contribution in [0.5, 0.6) is 0 Å². The number of hydrogen-bond acceptors (Lipinski definition) is 13. The van der Waals surface area contributed by atoms with Gasteiger partial charge in [0.15, 0.2) is 12.6 Å². The van der Waals surface area contributed by atoms with E-state index in [-0.39, 0.29) is 12.5 Å². The van der Waals surface area contributed by atoms with Gasteiger partial charge in [-0.15, -0.1) is 0 Å². The van der Waals surface area contributed by atoms with Crippen molar-refractivity contribution >= 4 is 5.91 Å². The van der Waals surface area contributed by atoms with Gasteiger partial charge in [0.2, 0.25) is 5.91 Å². The molecule has 2 saturated heterocycles. The number of carbonyl (C=O) groups is 1. The summed E-state index contributed by atoms with van der Waals surface area (Å²) < 4.78 is 22.9. The lowest BCUT2D eigenvalue weighted by Crippen LogP contribution is -2.65. The Morgan fingerprint density at radius 3 is 1.22 bits per heavy atom. The van der Waals surface area contributed by atoms with E-state index in [1.807, 2.05) is 0 Å². The lowest BCUT2D eigenvalue weighted by Gasteiger charge is -2.46. The van der Waals surface area contributed by atoms with Gasteiger partial charge in [-0.25, -0.2) is 0 Å². The van der Waals surface area contributed by atoms with Gasteiger partial charge < -0.3 is 65.1 Å². The molecule has 14 heteroatoms. The van der Waals surface area contributed by atoms with Crippen LogP contribution in [-0.4, -0.2) is 140 Å². The van der Waals surface area contributed by atoms with E-state index in [4.69, 9.17) is 18.9 Å². The molecule has 2 aliphatic heterocycles. The Morgan fingerprint density at radius 2 is 0.793 bits per heavy atom. The monoisotopic (exact) mass is 1230 g/mol. The predicted octanol–water partition coefficient (Wildman–Crippen LogP) is 14.8. The zero-order chi connectivity index (χ0) is 63.1. The Morgan fingerprint density at radius 1 is 0.425 bits per heavy atom. The average molecular weight is 1230 g/mol. The van der Waals surface area contributed by atoms with E-state index < -0.39 is 86.8 Å². The van der Waals surface area contributed by atoms with Gasteiger partial charge in [0.1, 0.15) is 48.8 Å². The van der Waals surface area contributed by atoms with Gasteiger partial charge in [0.05, 0.1) is 32.0 Å². The van der Waals surface area contributed by atoms with Crippen LogP contribution in [0.4, 0.5) is 0 Å². The van der Waals surface area contributed by atoms with Crippen LogP contribution in [0.15, 0.2) is 60.8 Å². The molecule has 87 heavy (non-hydrogen) atoms. The first-order valence-electron chi connectivity index (χ1n) is 36.0. The molecule has 12 atom stereocenters. The number of rotatable bonds is 59. The molecular formula is C73H133NO13. The first kappa shape index (κ1) is 80.8. The van der Waals surface area contributed by atoms with Crippen molar-refractivity contribution in [1.82, 2.24) is 5.32 Å². The summed E-state index contributed by atoms with van der Waals surface area (Å²) >= 11 is 0. The largest absolute Gasteiger partial charge is 0.394 e. The Hall–Kier alpha value is -2.31. The Bertz CT molecular complexity index is 1690. The molecule has 2 aliphatic rings. The lowest BCUT2D eigenvalue weighted by atomic mass is 9.97. The van der Waals surface area contributed by atoms with E-state index in [1.165, 1.54) is 193 Å². The molecule has 14 nitrogen and oxygen atoms in total. The molecule has 0 spiro atoms. The number of hydrogen-bond donors (Lipinski definition) is 9. The van der Waals surface area contributed by atoms with Crippen LogP contribution in [0.25, 0.3) is 0 Å². The zero-order valence-corrected chi connectivity index (χ0v) is 55.3. The lowest BCUT2D eigenvalue weighted by molar-refractivity contribution is -0.359. The van der Waals surface area contributed by atoms with E-state index in [0.717, 1.165) is 83.5 Å².